The molecule has 2 aromatic carbocycles. The summed E-state index contributed by atoms with van der Waals surface area (Å²) in [4.78, 5) is 12.8. The molecular formula is C25H20ClF2N5O2. The van der Waals surface area contributed by atoms with Crippen molar-refractivity contribution in [2.45, 2.75) is 6.92 Å². The third kappa shape index (κ3) is 5.30. The molecule has 0 spiro atoms. The first-order chi connectivity index (χ1) is 16.7. The number of nitrogens with zero attached hydrogens (tertiary/aromatic N) is 3. The molecule has 0 unspecified atom stereocenters. The van der Waals surface area contributed by atoms with Crippen molar-refractivity contribution < 1.29 is 13.5 Å². The van der Waals surface area contributed by atoms with E-state index in [0.29, 0.717) is 33.5 Å². The predicted octanol–water partition coefficient (Wildman–Crippen LogP) is 5.46. The van der Waals surface area contributed by atoms with Gasteiger partial charge in [-0.25, -0.2) is 13.5 Å². The fraction of sp³-hybridized carbons (Fsp3) is 0.0800. The zero-order chi connectivity index (χ0) is 25.1. The molecule has 0 amide bonds. The Labute approximate surface area is 204 Å². The molecule has 10 heteroatoms. The minimum atomic E-state index is -0.965. The highest BCUT2D eigenvalue weighted by Crippen LogP contribution is 2.27. The molecule has 0 radical (unpaired) electrons. The Hall–Kier alpha value is -4.24. The smallest absolute Gasteiger partial charge is 0.209 e. The number of methoxy groups -OCH3 is 1. The molecule has 0 aliphatic heterocycles. The first-order valence-corrected chi connectivity index (χ1v) is 10.7. The van der Waals surface area contributed by atoms with Gasteiger partial charge in [0.25, 0.3) is 0 Å². The van der Waals surface area contributed by atoms with Crippen LogP contribution in [0.3, 0.4) is 0 Å². The summed E-state index contributed by atoms with van der Waals surface area (Å²) in [6.07, 6.45) is 5.02. The van der Waals surface area contributed by atoms with Crippen molar-refractivity contribution in [3.05, 3.63) is 106 Å². The fourth-order valence-corrected chi connectivity index (χ4v) is 3.59. The maximum Gasteiger partial charge on any atom is 0.209 e. The van der Waals surface area contributed by atoms with Crippen LogP contribution in [0, 0.1) is 17.0 Å². The molecule has 0 saturated carbocycles. The van der Waals surface area contributed by atoms with Crippen molar-refractivity contribution >= 4 is 28.7 Å². The van der Waals surface area contributed by atoms with E-state index >= 15 is 0 Å². The van der Waals surface area contributed by atoms with Crippen LogP contribution in [0.5, 0.6) is 5.75 Å². The van der Waals surface area contributed by atoms with E-state index in [4.69, 9.17) is 21.7 Å². The SMILES string of the molecule is COc1cc(-n2cc(F)c(F)c2)ccc1-n1ccc(=O)c(/C(=C/C(C)=N)Nc2cccc(Cl)c2)n1. The highest BCUT2D eigenvalue weighted by atomic mass is 35.5. The minimum Gasteiger partial charge on any atom is -0.494 e. The Balaban J connectivity index is 1.77. The van der Waals surface area contributed by atoms with E-state index in [1.807, 2.05) is 0 Å². The number of benzene rings is 2. The third-order valence-corrected chi connectivity index (χ3v) is 5.20. The quantitative estimate of drug-likeness (QED) is 0.334. The molecule has 7 nitrogen and oxygen atoms in total. The van der Waals surface area contributed by atoms with Gasteiger partial charge in [0, 0.05) is 52.8 Å². The summed E-state index contributed by atoms with van der Waals surface area (Å²) in [5.41, 5.74) is 1.80. The first kappa shape index (κ1) is 23.9. The predicted molar refractivity (Wildman–Crippen MR) is 132 cm³/mol. The molecule has 2 aromatic heterocycles. The van der Waals surface area contributed by atoms with E-state index in [0.717, 1.165) is 12.4 Å². The van der Waals surface area contributed by atoms with Crippen LogP contribution in [0.25, 0.3) is 17.1 Å². The molecular weight excluding hydrogens is 476 g/mol. The van der Waals surface area contributed by atoms with Gasteiger partial charge in [0.15, 0.2) is 17.3 Å². The maximum absolute atomic E-state index is 13.5. The molecule has 35 heavy (non-hydrogen) atoms. The number of hydrogen-bond donors (Lipinski definition) is 2. The highest BCUT2D eigenvalue weighted by Gasteiger charge is 2.15. The summed E-state index contributed by atoms with van der Waals surface area (Å²) in [6, 6.07) is 13.2. The Morgan fingerprint density at radius 1 is 1.14 bits per heavy atom. The average molecular weight is 496 g/mol. The van der Waals surface area contributed by atoms with Crippen molar-refractivity contribution in [1.29, 1.82) is 5.41 Å². The zero-order valence-corrected chi connectivity index (χ0v) is 19.5. The van der Waals surface area contributed by atoms with Gasteiger partial charge in [-0.15, -0.1) is 0 Å². The van der Waals surface area contributed by atoms with E-state index < -0.39 is 11.6 Å². The first-order valence-electron chi connectivity index (χ1n) is 10.4. The maximum atomic E-state index is 13.5. The van der Waals surface area contributed by atoms with E-state index in [2.05, 4.69) is 10.4 Å². The van der Waals surface area contributed by atoms with E-state index in [-0.39, 0.29) is 16.8 Å². The summed E-state index contributed by atoms with van der Waals surface area (Å²) < 4.78 is 35.2. The second-order valence-corrected chi connectivity index (χ2v) is 8.00. The number of aromatic nitrogens is 3. The van der Waals surface area contributed by atoms with Crippen LogP contribution in [0.4, 0.5) is 14.5 Å². The van der Waals surface area contributed by atoms with Crippen LogP contribution in [0.15, 0.2) is 78.0 Å². The summed E-state index contributed by atoms with van der Waals surface area (Å²) in [5, 5.41) is 16.0. The number of rotatable bonds is 7. The molecule has 0 atom stereocenters. The largest absolute Gasteiger partial charge is 0.494 e. The van der Waals surface area contributed by atoms with Gasteiger partial charge >= 0.3 is 0 Å². The Morgan fingerprint density at radius 3 is 2.54 bits per heavy atom. The van der Waals surface area contributed by atoms with E-state index in [1.54, 1.807) is 49.4 Å². The molecule has 0 bridgehead atoms. The Bertz CT molecular complexity index is 1490. The minimum absolute atomic E-state index is 0.0692. The van der Waals surface area contributed by atoms with Crippen molar-refractivity contribution in [2.24, 2.45) is 0 Å². The fourth-order valence-electron chi connectivity index (χ4n) is 3.40. The van der Waals surface area contributed by atoms with E-state index in [9.17, 15) is 13.6 Å². The van der Waals surface area contributed by atoms with Crippen LogP contribution in [-0.2, 0) is 0 Å². The van der Waals surface area contributed by atoms with Crippen LogP contribution >= 0.6 is 11.6 Å². The molecule has 0 fully saturated rings. The van der Waals surface area contributed by atoms with Crippen molar-refractivity contribution in [3.8, 4) is 17.1 Å². The van der Waals surface area contributed by atoms with Gasteiger partial charge in [0.05, 0.1) is 12.8 Å². The number of anilines is 1. The normalized spacial score (nSPS) is 11.4. The van der Waals surface area contributed by atoms with Gasteiger partial charge in [-0.05, 0) is 43.3 Å². The summed E-state index contributed by atoms with van der Waals surface area (Å²) >= 11 is 6.08. The lowest BCUT2D eigenvalue weighted by Gasteiger charge is -2.15. The van der Waals surface area contributed by atoms with Gasteiger partial charge in [-0.1, -0.05) is 17.7 Å². The Kier molecular flexibility index (Phi) is 6.79. The van der Waals surface area contributed by atoms with Gasteiger partial charge in [-0.3, -0.25) is 4.79 Å². The van der Waals surface area contributed by atoms with Crippen molar-refractivity contribution in [1.82, 2.24) is 14.3 Å². The summed E-state index contributed by atoms with van der Waals surface area (Å²) in [7, 11) is 1.45. The lowest BCUT2D eigenvalue weighted by molar-refractivity contribution is 0.411. The van der Waals surface area contributed by atoms with Crippen LogP contribution < -0.4 is 15.5 Å². The second-order valence-electron chi connectivity index (χ2n) is 7.57. The third-order valence-electron chi connectivity index (χ3n) is 4.97. The van der Waals surface area contributed by atoms with Crippen molar-refractivity contribution in [2.75, 3.05) is 12.4 Å². The van der Waals surface area contributed by atoms with Crippen molar-refractivity contribution in [3.63, 3.8) is 0 Å². The van der Waals surface area contributed by atoms with E-state index in [1.165, 1.54) is 34.7 Å². The lowest BCUT2D eigenvalue weighted by atomic mass is 10.2. The second kappa shape index (κ2) is 9.94. The molecule has 0 aliphatic carbocycles. The number of halogens is 3. The highest BCUT2D eigenvalue weighted by molar-refractivity contribution is 6.30. The summed E-state index contributed by atoms with van der Waals surface area (Å²) in [5.74, 6) is -1.57. The van der Waals surface area contributed by atoms with Crippen LogP contribution in [0.2, 0.25) is 5.02 Å². The van der Waals surface area contributed by atoms with Crippen LogP contribution in [-0.4, -0.2) is 27.2 Å². The number of hydrogen-bond acceptors (Lipinski definition) is 5. The lowest BCUT2D eigenvalue weighted by Crippen LogP contribution is -2.19. The van der Waals surface area contributed by atoms with Crippen LogP contribution in [0.1, 0.15) is 12.6 Å². The topological polar surface area (TPSA) is 84.9 Å². The monoisotopic (exact) mass is 495 g/mol. The molecule has 2 heterocycles. The van der Waals surface area contributed by atoms with Gasteiger partial charge in [0.2, 0.25) is 5.43 Å². The molecule has 0 aliphatic rings. The standard InChI is InChI=1S/C25H20ClF2N5O2/c1-15(29)10-21(30-17-5-3-4-16(26)11-17)25-23(34)8-9-33(31-25)22-7-6-18(12-24(22)35-2)32-13-19(27)20(28)14-32/h3-14,29-30H,1-2H3/b21-10-,29-15?. The number of allylic oxidation sites excluding steroid dienone is 1. The molecule has 178 valence electrons. The molecule has 4 aromatic rings. The van der Waals surface area contributed by atoms with Gasteiger partial charge < -0.3 is 20.0 Å². The molecule has 2 N–H and O–H groups in total. The van der Waals surface area contributed by atoms with Gasteiger partial charge in [0.1, 0.15) is 11.4 Å². The Morgan fingerprint density at radius 2 is 1.89 bits per heavy atom. The molecule has 4 rings (SSSR count). The number of ether oxygens (including phenoxy) is 1. The average Bonchev–Trinajstić information content (AvgIpc) is 3.16. The zero-order valence-electron chi connectivity index (χ0n) is 18.7. The number of nitrogens with one attached hydrogen (secondary N) is 2. The van der Waals surface area contributed by atoms with Gasteiger partial charge in [-0.2, -0.15) is 5.10 Å². The summed E-state index contributed by atoms with van der Waals surface area (Å²) in [6.45, 7) is 1.58. The molecule has 0 saturated heterocycles.